The zero-order valence-corrected chi connectivity index (χ0v) is 11.2. The first kappa shape index (κ1) is 13.2. The lowest BCUT2D eigenvalue weighted by Gasteiger charge is -2.09. The molecule has 1 N–H and O–H groups in total. The minimum Gasteiger partial charge on any atom is -0.462 e. The molecule has 0 bridgehead atoms. The van der Waals surface area contributed by atoms with Crippen LogP contribution in [0.4, 0.5) is 5.69 Å². The van der Waals surface area contributed by atoms with E-state index in [1.54, 1.807) is 19.1 Å². The molecule has 19 heavy (non-hydrogen) atoms. The average Bonchev–Trinajstić information content (AvgIpc) is 2.82. The van der Waals surface area contributed by atoms with E-state index in [4.69, 9.17) is 4.74 Å². The standard InChI is InChI=1S/C15H18N2O2/c1-3-19-15(18)12-6-4-7-13(10-12)16-11-14-8-5-9-17(14)2/h4-10,16H,3,11H2,1-2H3. The second kappa shape index (κ2) is 6.09. The maximum absolute atomic E-state index is 11.6. The van der Waals surface area contributed by atoms with Gasteiger partial charge in [-0.3, -0.25) is 0 Å². The number of nitrogens with one attached hydrogen (secondary N) is 1. The molecule has 1 aromatic heterocycles. The molecule has 0 fully saturated rings. The number of carbonyl (C=O) groups excluding carboxylic acids is 1. The Morgan fingerprint density at radius 1 is 1.32 bits per heavy atom. The van der Waals surface area contributed by atoms with Crippen molar-refractivity contribution >= 4 is 11.7 Å². The lowest BCUT2D eigenvalue weighted by atomic mass is 10.2. The fourth-order valence-electron chi connectivity index (χ4n) is 1.84. The van der Waals surface area contributed by atoms with Gasteiger partial charge in [-0.2, -0.15) is 0 Å². The lowest BCUT2D eigenvalue weighted by Crippen LogP contribution is -2.07. The SMILES string of the molecule is CCOC(=O)c1cccc(NCc2cccn2C)c1. The van der Waals surface area contributed by atoms with Gasteiger partial charge in [-0.25, -0.2) is 4.79 Å². The quantitative estimate of drug-likeness (QED) is 0.839. The van der Waals surface area contributed by atoms with Crippen LogP contribution in [0, 0.1) is 0 Å². The van der Waals surface area contributed by atoms with Gasteiger partial charge >= 0.3 is 5.97 Å². The summed E-state index contributed by atoms with van der Waals surface area (Å²) in [4.78, 5) is 11.6. The predicted molar refractivity (Wildman–Crippen MR) is 75.1 cm³/mol. The molecule has 0 saturated carbocycles. The Balaban J connectivity index is 2.03. The first-order valence-corrected chi connectivity index (χ1v) is 6.32. The molecule has 0 atom stereocenters. The molecule has 0 spiro atoms. The van der Waals surface area contributed by atoms with Gasteiger partial charge in [0.05, 0.1) is 18.7 Å². The molecular weight excluding hydrogens is 240 g/mol. The highest BCUT2D eigenvalue weighted by Gasteiger charge is 2.06. The molecular formula is C15H18N2O2. The molecule has 2 rings (SSSR count). The van der Waals surface area contributed by atoms with E-state index in [0.29, 0.717) is 12.2 Å². The van der Waals surface area contributed by atoms with E-state index >= 15 is 0 Å². The summed E-state index contributed by atoms with van der Waals surface area (Å²) in [6.45, 7) is 2.91. The summed E-state index contributed by atoms with van der Waals surface area (Å²) < 4.78 is 7.04. The number of hydrogen-bond donors (Lipinski definition) is 1. The summed E-state index contributed by atoms with van der Waals surface area (Å²) in [6.07, 6.45) is 2.01. The van der Waals surface area contributed by atoms with Crippen LogP contribution in [-0.2, 0) is 18.3 Å². The van der Waals surface area contributed by atoms with Crippen LogP contribution in [0.25, 0.3) is 0 Å². The summed E-state index contributed by atoms with van der Waals surface area (Å²) in [5, 5.41) is 3.30. The number of anilines is 1. The molecule has 0 saturated heterocycles. The Morgan fingerprint density at radius 2 is 2.16 bits per heavy atom. The zero-order chi connectivity index (χ0) is 13.7. The Bertz CT molecular complexity index is 561. The molecule has 4 heteroatoms. The van der Waals surface area contributed by atoms with Crippen molar-refractivity contribution in [3.05, 3.63) is 53.9 Å². The first-order valence-electron chi connectivity index (χ1n) is 6.32. The van der Waals surface area contributed by atoms with Crippen molar-refractivity contribution in [1.82, 2.24) is 4.57 Å². The summed E-state index contributed by atoms with van der Waals surface area (Å²) in [5.41, 5.74) is 2.66. The second-order valence-corrected chi connectivity index (χ2v) is 4.27. The number of carbonyl (C=O) groups is 1. The number of nitrogens with zero attached hydrogens (tertiary/aromatic N) is 1. The van der Waals surface area contributed by atoms with Crippen molar-refractivity contribution in [2.24, 2.45) is 7.05 Å². The van der Waals surface area contributed by atoms with Crippen molar-refractivity contribution in [1.29, 1.82) is 0 Å². The Morgan fingerprint density at radius 3 is 2.84 bits per heavy atom. The predicted octanol–water partition coefficient (Wildman–Crippen LogP) is 2.81. The third-order valence-corrected chi connectivity index (χ3v) is 2.90. The molecule has 0 aliphatic heterocycles. The molecule has 100 valence electrons. The van der Waals surface area contributed by atoms with E-state index < -0.39 is 0 Å². The van der Waals surface area contributed by atoms with Gasteiger partial charge in [-0.1, -0.05) is 6.07 Å². The Hall–Kier alpha value is -2.23. The van der Waals surface area contributed by atoms with E-state index in [0.717, 1.165) is 12.2 Å². The maximum atomic E-state index is 11.6. The zero-order valence-electron chi connectivity index (χ0n) is 11.2. The summed E-state index contributed by atoms with van der Waals surface area (Å²) in [6, 6.07) is 11.4. The Labute approximate surface area is 113 Å². The van der Waals surface area contributed by atoms with Crippen molar-refractivity contribution in [2.75, 3.05) is 11.9 Å². The fourth-order valence-corrected chi connectivity index (χ4v) is 1.84. The number of benzene rings is 1. The molecule has 1 aromatic carbocycles. The van der Waals surface area contributed by atoms with Gasteiger partial charge in [-0.15, -0.1) is 0 Å². The number of aryl methyl sites for hydroxylation is 1. The molecule has 0 amide bonds. The van der Waals surface area contributed by atoms with Crippen LogP contribution >= 0.6 is 0 Å². The second-order valence-electron chi connectivity index (χ2n) is 4.27. The van der Waals surface area contributed by atoms with E-state index in [2.05, 4.69) is 16.0 Å². The average molecular weight is 258 g/mol. The van der Waals surface area contributed by atoms with Gasteiger partial charge < -0.3 is 14.6 Å². The topological polar surface area (TPSA) is 43.3 Å². The first-order chi connectivity index (χ1) is 9.20. The van der Waals surface area contributed by atoms with Gasteiger partial charge in [0, 0.05) is 24.6 Å². The summed E-state index contributed by atoms with van der Waals surface area (Å²) in [7, 11) is 2.01. The number of ether oxygens (including phenoxy) is 1. The highest BCUT2D eigenvalue weighted by molar-refractivity contribution is 5.90. The minimum atomic E-state index is -0.287. The highest BCUT2D eigenvalue weighted by Crippen LogP contribution is 2.13. The number of esters is 1. The van der Waals surface area contributed by atoms with E-state index in [1.165, 1.54) is 5.69 Å². The van der Waals surface area contributed by atoms with Crippen LogP contribution in [0.3, 0.4) is 0 Å². The van der Waals surface area contributed by atoms with Gasteiger partial charge in [0.15, 0.2) is 0 Å². The molecule has 0 radical (unpaired) electrons. The van der Waals surface area contributed by atoms with Crippen LogP contribution in [0.1, 0.15) is 23.0 Å². The van der Waals surface area contributed by atoms with Crippen molar-refractivity contribution < 1.29 is 9.53 Å². The van der Waals surface area contributed by atoms with Crippen molar-refractivity contribution in [2.45, 2.75) is 13.5 Å². The number of aromatic nitrogens is 1. The molecule has 4 nitrogen and oxygen atoms in total. The molecule has 0 aliphatic carbocycles. The highest BCUT2D eigenvalue weighted by atomic mass is 16.5. The smallest absolute Gasteiger partial charge is 0.338 e. The summed E-state index contributed by atoms with van der Waals surface area (Å²) in [5.74, 6) is -0.287. The third-order valence-electron chi connectivity index (χ3n) is 2.90. The summed E-state index contributed by atoms with van der Waals surface area (Å²) >= 11 is 0. The van der Waals surface area contributed by atoms with Gasteiger partial charge in [0.2, 0.25) is 0 Å². The fraction of sp³-hybridized carbons (Fsp3) is 0.267. The third kappa shape index (κ3) is 3.37. The van der Waals surface area contributed by atoms with Crippen LogP contribution in [0.2, 0.25) is 0 Å². The maximum Gasteiger partial charge on any atom is 0.338 e. The van der Waals surface area contributed by atoms with Crippen LogP contribution in [0.15, 0.2) is 42.6 Å². The molecule has 0 unspecified atom stereocenters. The number of rotatable bonds is 5. The van der Waals surface area contributed by atoms with Crippen LogP contribution < -0.4 is 5.32 Å². The Kier molecular flexibility index (Phi) is 4.23. The van der Waals surface area contributed by atoms with Crippen LogP contribution in [-0.4, -0.2) is 17.1 Å². The van der Waals surface area contributed by atoms with Gasteiger partial charge in [-0.05, 0) is 37.3 Å². The monoisotopic (exact) mass is 258 g/mol. The molecule has 2 aromatic rings. The van der Waals surface area contributed by atoms with E-state index in [1.807, 2.05) is 31.4 Å². The van der Waals surface area contributed by atoms with Crippen molar-refractivity contribution in [3.63, 3.8) is 0 Å². The molecule has 0 aliphatic rings. The van der Waals surface area contributed by atoms with Gasteiger partial charge in [0.1, 0.15) is 0 Å². The normalized spacial score (nSPS) is 10.2. The minimum absolute atomic E-state index is 0.287. The van der Waals surface area contributed by atoms with E-state index in [-0.39, 0.29) is 5.97 Å². The number of hydrogen-bond acceptors (Lipinski definition) is 3. The van der Waals surface area contributed by atoms with Crippen LogP contribution in [0.5, 0.6) is 0 Å². The lowest BCUT2D eigenvalue weighted by molar-refractivity contribution is 0.0526. The van der Waals surface area contributed by atoms with Crippen molar-refractivity contribution in [3.8, 4) is 0 Å². The van der Waals surface area contributed by atoms with E-state index in [9.17, 15) is 4.79 Å². The molecule has 1 heterocycles. The largest absolute Gasteiger partial charge is 0.462 e. The van der Waals surface area contributed by atoms with Gasteiger partial charge in [0.25, 0.3) is 0 Å².